The molecule has 0 aliphatic carbocycles. The molecule has 0 amide bonds. The number of hydrogen-bond donors (Lipinski definition) is 2. The second-order valence-corrected chi connectivity index (χ2v) is 5.50. The second kappa shape index (κ2) is 16.1. The number of carbonyl (C=O) groups is 1. The number of nitrogens with one attached hydrogen (secondary N) is 2. The molecule has 0 spiro atoms. The van der Waals surface area contributed by atoms with E-state index in [0.29, 0.717) is 6.42 Å². The molecule has 0 saturated heterocycles. The predicted octanol–water partition coefficient (Wildman–Crippen LogP) is 2.92. The van der Waals surface area contributed by atoms with E-state index in [9.17, 15) is 4.79 Å². The predicted molar refractivity (Wildman–Crippen MR) is 112 cm³/mol. The molecule has 0 aromatic carbocycles. The summed E-state index contributed by atoms with van der Waals surface area (Å²) in [5, 5.41) is 6.58. The highest BCUT2D eigenvalue weighted by molar-refractivity contribution is 14.0. The number of rotatable bonds is 11. The Bertz CT molecular complexity index is 483. The molecule has 7 heteroatoms. The van der Waals surface area contributed by atoms with Crippen LogP contribution in [0.2, 0.25) is 0 Å². The minimum absolute atomic E-state index is 0. The molecule has 2 N–H and O–H groups in total. The van der Waals surface area contributed by atoms with Crippen molar-refractivity contribution in [3.8, 4) is 0 Å². The first-order valence-corrected chi connectivity index (χ1v) is 8.75. The highest BCUT2D eigenvalue weighted by Gasteiger charge is 2.00. The van der Waals surface area contributed by atoms with Crippen LogP contribution < -0.4 is 10.6 Å². The van der Waals surface area contributed by atoms with Gasteiger partial charge in [-0.15, -0.1) is 24.0 Å². The zero-order chi connectivity index (χ0) is 17.5. The van der Waals surface area contributed by atoms with Crippen LogP contribution in [-0.2, 0) is 16.0 Å². The van der Waals surface area contributed by atoms with Crippen molar-refractivity contribution in [2.24, 2.45) is 4.99 Å². The van der Waals surface area contributed by atoms with Gasteiger partial charge in [0, 0.05) is 44.4 Å². The van der Waals surface area contributed by atoms with Gasteiger partial charge in [-0.1, -0.05) is 18.9 Å². The van der Waals surface area contributed by atoms with Crippen LogP contribution in [0.4, 0.5) is 0 Å². The molecule has 0 fully saturated rings. The van der Waals surface area contributed by atoms with Gasteiger partial charge < -0.3 is 15.4 Å². The quantitative estimate of drug-likeness (QED) is 0.174. The molecule has 0 aliphatic heterocycles. The summed E-state index contributed by atoms with van der Waals surface area (Å²) in [6, 6.07) is 5.95. The highest BCUT2D eigenvalue weighted by Crippen LogP contribution is 2.04. The lowest BCUT2D eigenvalue weighted by molar-refractivity contribution is -0.140. The van der Waals surface area contributed by atoms with Crippen molar-refractivity contribution >= 4 is 35.9 Å². The van der Waals surface area contributed by atoms with Crippen LogP contribution in [0.1, 0.15) is 44.7 Å². The number of halogens is 1. The number of hydrogen-bond acceptors (Lipinski definition) is 4. The van der Waals surface area contributed by atoms with Gasteiger partial charge >= 0.3 is 5.97 Å². The normalized spacial score (nSPS) is 10.7. The maximum atomic E-state index is 11.0. The molecule has 0 bridgehead atoms. The third-order valence-corrected chi connectivity index (χ3v) is 3.53. The summed E-state index contributed by atoms with van der Waals surface area (Å²) in [7, 11) is 1.43. The van der Waals surface area contributed by atoms with Crippen molar-refractivity contribution in [2.45, 2.75) is 45.4 Å². The Balaban J connectivity index is 0.00000576. The van der Waals surface area contributed by atoms with Gasteiger partial charge in [-0.05, 0) is 31.9 Å². The number of aromatic nitrogens is 1. The number of nitrogens with zero attached hydrogens (tertiary/aromatic N) is 2. The highest BCUT2D eigenvalue weighted by atomic mass is 127. The first-order valence-electron chi connectivity index (χ1n) is 8.75. The first-order chi connectivity index (χ1) is 11.8. The number of pyridine rings is 1. The van der Waals surface area contributed by atoms with Crippen LogP contribution in [-0.4, -0.2) is 43.7 Å². The van der Waals surface area contributed by atoms with E-state index < -0.39 is 0 Å². The van der Waals surface area contributed by atoms with Gasteiger partial charge in [0.05, 0.1) is 7.11 Å². The van der Waals surface area contributed by atoms with Crippen LogP contribution in [0.25, 0.3) is 0 Å². The zero-order valence-electron chi connectivity index (χ0n) is 15.3. The Morgan fingerprint density at radius 2 is 2.00 bits per heavy atom. The largest absolute Gasteiger partial charge is 0.469 e. The van der Waals surface area contributed by atoms with Crippen molar-refractivity contribution in [1.29, 1.82) is 0 Å². The van der Waals surface area contributed by atoms with E-state index in [1.165, 1.54) is 7.11 Å². The molecular formula is C18H31IN4O2. The number of methoxy groups -OCH3 is 1. The van der Waals surface area contributed by atoms with Crippen molar-refractivity contribution in [3.05, 3.63) is 30.1 Å². The summed E-state index contributed by atoms with van der Waals surface area (Å²) < 4.78 is 4.62. The fraction of sp³-hybridized carbons (Fsp3) is 0.611. The van der Waals surface area contributed by atoms with Gasteiger partial charge in [0.2, 0.25) is 0 Å². The lowest BCUT2D eigenvalue weighted by Crippen LogP contribution is -2.38. The van der Waals surface area contributed by atoms with E-state index in [1.54, 1.807) is 0 Å². The molecule has 0 unspecified atom stereocenters. The smallest absolute Gasteiger partial charge is 0.305 e. The Labute approximate surface area is 168 Å². The Kier molecular flexibility index (Phi) is 15.2. The Morgan fingerprint density at radius 1 is 1.20 bits per heavy atom. The average Bonchev–Trinajstić information content (AvgIpc) is 2.61. The summed E-state index contributed by atoms with van der Waals surface area (Å²) >= 11 is 0. The van der Waals surface area contributed by atoms with Crippen molar-refractivity contribution in [1.82, 2.24) is 15.6 Å². The van der Waals surface area contributed by atoms with E-state index in [-0.39, 0.29) is 29.9 Å². The number of ether oxygens (including phenoxy) is 1. The second-order valence-electron chi connectivity index (χ2n) is 5.50. The Hall–Kier alpha value is -1.38. The summed E-state index contributed by atoms with van der Waals surface area (Å²) in [4.78, 5) is 19.9. The lowest BCUT2D eigenvalue weighted by Gasteiger charge is -2.11. The number of aliphatic imine (C=N–C) groups is 1. The number of guanidine groups is 1. The number of unbranched alkanes of at least 4 members (excludes halogenated alkanes) is 3. The molecule has 1 aromatic rings. The van der Waals surface area contributed by atoms with Crippen LogP contribution in [0.3, 0.4) is 0 Å². The summed E-state index contributed by atoms with van der Waals surface area (Å²) in [5.74, 6) is 0.725. The van der Waals surface area contributed by atoms with E-state index in [4.69, 9.17) is 0 Å². The molecule has 0 atom stereocenters. The molecule has 1 rings (SSSR count). The Morgan fingerprint density at radius 3 is 2.68 bits per heavy atom. The molecule has 0 saturated carbocycles. The van der Waals surface area contributed by atoms with Crippen LogP contribution in [0.15, 0.2) is 29.4 Å². The van der Waals surface area contributed by atoms with Gasteiger partial charge in [-0.2, -0.15) is 0 Å². The monoisotopic (exact) mass is 462 g/mol. The van der Waals surface area contributed by atoms with Gasteiger partial charge in [0.15, 0.2) is 5.96 Å². The molecule has 6 nitrogen and oxygen atoms in total. The number of esters is 1. The van der Waals surface area contributed by atoms with E-state index in [0.717, 1.165) is 63.4 Å². The summed E-state index contributed by atoms with van der Waals surface area (Å²) in [6.45, 7) is 4.50. The standard InChI is InChI=1S/C18H30N4O2.HI/c1-3-19-18(22-15-12-16-10-7-9-13-20-16)21-14-8-5-4-6-11-17(23)24-2;/h7,9-10,13H,3-6,8,11-12,14-15H2,1-2H3,(H2,19,21,22);1H. The molecule has 1 aromatic heterocycles. The van der Waals surface area contributed by atoms with Crippen LogP contribution in [0.5, 0.6) is 0 Å². The third kappa shape index (κ3) is 12.6. The third-order valence-electron chi connectivity index (χ3n) is 3.53. The average molecular weight is 462 g/mol. The molecule has 0 radical (unpaired) electrons. The summed E-state index contributed by atoms with van der Waals surface area (Å²) in [6.07, 6.45) is 7.23. The van der Waals surface area contributed by atoms with Gasteiger partial charge in [0.1, 0.15) is 0 Å². The van der Waals surface area contributed by atoms with E-state index in [2.05, 4.69) is 32.3 Å². The summed E-state index contributed by atoms with van der Waals surface area (Å²) in [5.41, 5.74) is 1.08. The maximum absolute atomic E-state index is 11.0. The number of carbonyl (C=O) groups excluding carboxylic acids is 1. The minimum Gasteiger partial charge on any atom is -0.469 e. The van der Waals surface area contributed by atoms with Crippen LogP contribution in [0, 0.1) is 0 Å². The zero-order valence-corrected chi connectivity index (χ0v) is 17.6. The fourth-order valence-corrected chi connectivity index (χ4v) is 2.22. The molecular weight excluding hydrogens is 431 g/mol. The minimum atomic E-state index is -0.125. The van der Waals surface area contributed by atoms with Crippen molar-refractivity contribution in [3.63, 3.8) is 0 Å². The van der Waals surface area contributed by atoms with Crippen LogP contribution >= 0.6 is 24.0 Å². The van der Waals surface area contributed by atoms with Gasteiger partial charge in [0.25, 0.3) is 0 Å². The molecule has 0 aliphatic rings. The van der Waals surface area contributed by atoms with Crippen molar-refractivity contribution < 1.29 is 9.53 Å². The van der Waals surface area contributed by atoms with Gasteiger partial charge in [-0.3, -0.25) is 14.8 Å². The van der Waals surface area contributed by atoms with Gasteiger partial charge in [-0.25, -0.2) is 0 Å². The lowest BCUT2D eigenvalue weighted by atomic mass is 10.1. The first kappa shape index (κ1) is 23.6. The molecule has 142 valence electrons. The SMILES string of the molecule is CCNC(=NCCCCCCC(=O)OC)NCCc1ccccn1.I. The fourth-order valence-electron chi connectivity index (χ4n) is 2.22. The van der Waals surface area contributed by atoms with E-state index in [1.807, 2.05) is 24.4 Å². The van der Waals surface area contributed by atoms with Crippen molar-refractivity contribution in [2.75, 3.05) is 26.7 Å². The molecule has 1 heterocycles. The van der Waals surface area contributed by atoms with E-state index >= 15 is 0 Å². The maximum Gasteiger partial charge on any atom is 0.305 e. The topological polar surface area (TPSA) is 75.6 Å². The molecule has 25 heavy (non-hydrogen) atoms.